The highest BCUT2D eigenvalue weighted by atomic mass is 15.3. The fourth-order valence-corrected chi connectivity index (χ4v) is 1.82. The van der Waals surface area contributed by atoms with Gasteiger partial charge in [-0.25, -0.2) is 0 Å². The van der Waals surface area contributed by atoms with Crippen LogP contribution >= 0.6 is 0 Å². The van der Waals surface area contributed by atoms with E-state index in [-0.39, 0.29) is 0 Å². The van der Waals surface area contributed by atoms with E-state index in [0.717, 1.165) is 13.2 Å². The molecule has 0 aromatic rings. The Balaban J connectivity index is 2.11. The van der Waals surface area contributed by atoms with Gasteiger partial charge in [0.05, 0.1) is 6.67 Å². The lowest BCUT2D eigenvalue weighted by Crippen LogP contribution is -2.50. The molecule has 14 heavy (non-hydrogen) atoms. The smallest absolute Gasteiger partial charge is 0.0501 e. The number of nitrogens with one attached hydrogen (secondary N) is 1. The predicted octanol–water partition coefficient (Wildman–Crippen LogP) is -0.657. The summed E-state index contributed by atoms with van der Waals surface area (Å²) in [5, 5.41) is 3.19. The molecule has 1 fully saturated rings. The van der Waals surface area contributed by atoms with Gasteiger partial charge in [-0.1, -0.05) is 0 Å². The zero-order valence-electron chi connectivity index (χ0n) is 9.79. The van der Waals surface area contributed by atoms with Crippen molar-refractivity contribution in [2.45, 2.75) is 0 Å². The Labute approximate surface area is 87.8 Å². The van der Waals surface area contributed by atoms with Gasteiger partial charge in [-0.3, -0.25) is 14.7 Å². The van der Waals surface area contributed by atoms with Crippen LogP contribution in [-0.4, -0.2) is 81.8 Å². The zero-order chi connectivity index (χ0) is 10.4. The van der Waals surface area contributed by atoms with E-state index in [1.54, 1.807) is 0 Å². The largest absolute Gasteiger partial charge is 0.318 e. The van der Waals surface area contributed by atoms with Crippen LogP contribution in [0.25, 0.3) is 0 Å². The monoisotopic (exact) mass is 200 g/mol. The second-order valence-corrected chi connectivity index (χ2v) is 4.28. The third-order valence-corrected chi connectivity index (χ3v) is 2.63. The van der Waals surface area contributed by atoms with Crippen LogP contribution in [0, 0.1) is 0 Å². The molecule has 4 nitrogen and oxygen atoms in total. The van der Waals surface area contributed by atoms with E-state index >= 15 is 0 Å². The van der Waals surface area contributed by atoms with Crippen LogP contribution in [0.1, 0.15) is 0 Å². The van der Waals surface area contributed by atoms with Crippen LogP contribution in [0.2, 0.25) is 0 Å². The van der Waals surface area contributed by atoms with Crippen molar-refractivity contribution in [1.29, 1.82) is 0 Å². The summed E-state index contributed by atoms with van der Waals surface area (Å²) in [7, 11) is 6.28. The van der Waals surface area contributed by atoms with Crippen molar-refractivity contribution >= 4 is 0 Å². The molecule has 0 aromatic heterocycles. The van der Waals surface area contributed by atoms with Gasteiger partial charge in [-0.05, 0) is 21.1 Å². The molecule has 1 aliphatic heterocycles. The Hall–Kier alpha value is -0.160. The average Bonchev–Trinajstić information content (AvgIpc) is 2.16. The van der Waals surface area contributed by atoms with Gasteiger partial charge in [0.1, 0.15) is 0 Å². The van der Waals surface area contributed by atoms with Crippen LogP contribution in [0.5, 0.6) is 0 Å². The zero-order valence-corrected chi connectivity index (χ0v) is 9.79. The molecule has 1 aliphatic rings. The predicted molar refractivity (Wildman–Crippen MR) is 60.5 cm³/mol. The summed E-state index contributed by atoms with van der Waals surface area (Å²) in [6, 6.07) is 0. The Morgan fingerprint density at radius 1 is 1.07 bits per heavy atom. The van der Waals surface area contributed by atoms with E-state index in [0.29, 0.717) is 0 Å². The summed E-state index contributed by atoms with van der Waals surface area (Å²) < 4.78 is 0. The summed E-state index contributed by atoms with van der Waals surface area (Å²) in [5.41, 5.74) is 0. The first-order chi connectivity index (χ1) is 6.72. The van der Waals surface area contributed by atoms with Crippen molar-refractivity contribution < 1.29 is 0 Å². The Bertz CT molecular complexity index is 141. The van der Waals surface area contributed by atoms with Crippen LogP contribution in [0.4, 0.5) is 0 Å². The third-order valence-electron chi connectivity index (χ3n) is 2.63. The summed E-state index contributed by atoms with van der Waals surface area (Å²) in [5.74, 6) is 0. The lowest BCUT2D eigenvalue weighted by Gasteiger charge is -2.35. The molecule has 0 saturated carbocycles. The lowest BCUT2D eigenvalue weighted by molar-refractivity contribution is 0.0948. The Morgan fingerprint density at radius 3 is 2.14 bits per heavy atom. The lowest BCUT2D eigenvalue weighted by atomic mass is 10.3. The van der Waals surface area contributed by atoms with E-state index in [9.17, 15) is 0 Å². The molecule has 84 valence electrons. The van der Waals surface area contributed by atoms with Crippen molar-refractivity contribution in [2.75, 3.05) is 67.1 Å². The Kier molecular flexibility index (Phi) is 5.40. The number of hydrogen-bond donors (Lipinski definition) is 1. The highest BCUT2D eigenvalue weighted by Crippen LogP contribution is 2.00. The molecule has 4 heteroatoms. The first kappa shape index (κ1) is 11.9. The van der Waals surface area contributed by atoms with Gasteiger partial charge in [0.15, 0.2) is 0 Å². The molecule has 0 unspecified atom stereocenters. The van der Waals surface area contributed by atoms with E-state index in [2.05, 4.69) is 34.1 Å². The van der Waals surface area contributed by atoms with Crippen molar-refractivity contribution in [2.24, 2.45) is 0 Å². The minimum absolute atomic E-state index is 1.10. The summed E-state index contributed by atoms with van der Waals surface area (Å²) >= 11 is 0. The van der Waals surface area contributed by atoms with Gasteiger partial charge in [-0.15, -0.1) is 0 Å². The molecule has 1 heterocycles. The van der Waals surface area contributed by atoms with E-state index in [1.807, 2.05) is 7.05 Å². The van der Waals surface area contributed by atoms with E-state index in [1.165, 1.54) is 32.7 Å². The maximum Gasteiger partial charge on any atom is 0.0501 e. The molecule has 0 aliphatic carbocycles. The minimum atomic E-state index is 1.10. The molecule has 0 aromatic carbocycles. The van der Waals surface area contributed by atoms with Gasteiger partial charge in [0.25, 0.3) is 0 Å². The van der Waals surface area contributed by atoms with Crippen LogP contribution in [0.15, 0.2) is 0 Å². The average molecular weight is 200 g/mol. The molecule has 0 bridgehead atoms. The van der Waals surface area contributed by atoms with Crippen LogP contribution < -0.4 is 5.32 Å². The highest BCUT2D eigenvalue weighted by Gasteiger charge is 2.15. The Morgan fingerprint density at radius 2 is 1.64 bits per heavy atom. The molecule has 0 spiro atoms. The fourth-order valence-electron chi connectivity index (χ4n) is 1.82. The normalized spacial score (nSPS) is 20.6. The molecule has 1 rings (SSSR count). The van der Waals surface area contributed by atoms with E-state index < -0.39 is 0 Å². The first-order valence-corrected chi connectivity index (χ1v) is 5.46. The molecule has 0 atom stereocenters. The molecule has 0 amide bonds. The molecule has 0 radical (unpaired) electrons. The first-order valence-electron chi connectivity index (χ1n) is 5.46. The highest BCUT2D eigenvalue weighted by molar-refractivity contribution is 4.71. The topological polar surface area (TPSA) is 21.8 Å². The molecule has 1 saturated heterocycles. The number of hydrogen-bond acceptors (Lipinski definition) is 4. The second kappa shape index (κ2) is 6.35. The third kappa shape index (κ3) is 4.37. The van der Waals surface area contributed by atoms with Crippen molar-refractivity contribution in [3.63, 3.8) is 0 Å². The van der Waals surface area contributed by atoms with Gasteiger partial charge in [0, 0.05) is 39.3 Å². The summed E-state index contributed by atoms with van der Waals surface area (Å²) in [4.78, 5) is 7.28. The van der Waals surface area contributed by atoms with Crippen molar-refractivity contribution in [3.8, 4) is 0 Å². The molecular formula is C10H24N4. The van der Waals surface area contributed by atoms with Gasteiger partial charge < -0.3 is 5.32 Å². The molecule has 1 N–H and O–H groups in total. The quantitative estimate of drug-likeness (QED) is 0.636. The van der Waals surface area contributed by atoms with Gasteiger partial charge >= 0.3 is 0 Å². The van der Waals surface area contributed by atoms with E-state index in [4.69, 9.17) is 0 Å². The fraction of sp³-hybridized carbons (Fsp3) is 1.00. The van der Waals surface area contributed by atoms with Crippen molar-refractivity contribution in [3.05, 3.63) is 0 Å². The standard InChI is InChI=1S/C10H24N4/c1-11-4-5-13-6-8-14(9-7-13)10-12(2)3/h11H,4-10H2,1-3H3. The van der Waals surface area contributed by atoms with Crippen LogP contribution in [0.3, 0.4) is 0 Å². The van der Waals surface area contributed by atoms with Crippen molar-refractivity contribution in [1.82, 2.24) is 20.0 Å². The number of rotatable bonds is 5. The van der Waals surface area contributed by atoms with Gasteiger partial charge in [-0.2, -0.15) is 0 Å². The maximum atomic E-state index is 3.19. The van der Waals surface area contributed by atoms with Gasteiger partial charge in [0.2, 0.25) is 0 Å². The number of piperazine rings is 1. The van der Waals surface area contributed by atoms with Crippen LogP contribution in [-0.2, 0) is 0 Å². The SMILES string of the molecule is CNCCN1CCN(CN(C)C)CC1. The second-order valence-electron chi connectivity index (χ2n) is 4.28. The summed E-state index contributed by atoms with van der Waals surface area (Å²) in [6.45, 7) is 8.24. The number of likely N-dealkylation sites (N-methyl/N-ethyl adjacent to an activating group) is 1. The number of nitrogens with zero attached hydrogens (tertiary/aromatic N) is 3. The maximum absolute atomic E-state index is 3.19. The molecular weight excluding hydrogens is 176 g/mol. The minimum Gasteiger partial charge on any atom is -0.318 e. The summed E-state index contributed by atoms with van der Waals surface area (Å²) in [6.07, 6.45) is 0.